The van der Waals surface area contributed by atoms with E-state index in [1.54, 1.807) is 6.20 Å². The number of nitrogens with one attached hydrogen (secondary N) is 1. The van der Waals surface area contributed by atoms with Crippen LogP contribution in [-0.4, -0.2) is 11.5 Å². The van der Waals surface area contributed by atoms with Crippen LogP contribution >= 0.6 is 0 Å². The molecule has 2 aromatic rings. The molecule has 0 saturated heterocycles. The van der Waals surface area contributed by atoms with Crippen molar-refractivity contribution < 1.29 is 0 Å². The van der Waals surface area contributed by atoms with Gasteiger partial charge in [0.15, 0.2) is 0 Å². The molecular formula is C15H18N2. The lowest BCUT2D eigenvalue weighted by molar-refractivity contribution is 1.00. The highest BCUT2D eigenvalue weighted by atomic mass is 15.0. The van der Waals surface area contributed by atoms with Crippen molar-refractivity contribution in [2.45, 2.75) is 20.3 Å². The molecule has 2 nitrogen and oxygen atoms in total. The zero-order valence-corrected chi connectivity index (χ0v) is 10.4. The maximum atomic E-state index is 4.23. The maximum Gasteiger partial charge on any atom is 0.125 e. The average Bonchev–Trinajstić information content (AvgIpc) is 2.29. The molecule has 1 N–H and O–H groups in total. The first kappa shape index (κ1) is 11.6. The largest absolute Gasteiger partial charge is 0.370 e. The minimum absolute atomic E-state index is 0.917. The van der Waals surface area contributed by atoms with Gasteiger partial charge in [-0.3, -0.25) is 0 Å². The second kappa shape index (κ2) is 5.48. The van der Waals surface area contributed by atoms with Gasteiger partial charge >= 0.3 is 0 Å². The van der Waals surface area contributed by atoms with Crippen molar-refractivity contribution in [2.24, 2.45) is 0 Å². The van der Waals surface area contributed by atoms with Crippen LogP contribution < -0.4 is 5.32 Å². The summed E-state index contributed by atoms with van der Waals surface area (Å²) in [5.41, 5.74) is 4.04. The molecule has 0 aliphatic heterocycles. The van der Waals surface area contributed by atoms with Crippen LogP contribution in [0, 0.1) is 13.8 Å². The monoisotopic (exact) mass is 226 g/mol. The van der Waals surface area contributed by atoms with Gasteiger partial charge in [-0.05, 0) is 38.0 Å². The van der Waals surface area contributed by atoms with E-state index in [0.29, 0.717) is 0 Å². The molecular weight excluding hydrogens is 208 g/mol. The van der Waals surface area contributed by atoms with Crippen molar-refractivity contribution in [1.82, 2.24) is 4.98 Å². The maximum absolute atomic E-state index is 4.23. The highest BCUT2D eigenvalue weighted by molar-refractivity contribution is 5.34. The van der Waals surface area contributed by atoms with Gasteiger partial charge < -0.3 is 5.32 Å². The zero-order valence-electron chi connectivity index (χ0n) is 10.4. The molecule has 0 unspecified atom stereocenters. The van der Waals surface area contributed by atoms with Gasteiger partial charge in [-0.1, -0.05) is 35.4 Å². The molecule has 0 atom stereocenters. The summed E-state index contributed by atoms with van der Waals surface area (Å²) in [5.74, 6) is 0.942. The van der Waals surface area contributed by atoms with Crippen LogP contribution in [0.25, 0.3) is 0 Å². The molecule has 1 heterocycles. The molecule has 2 rings (SSSR count). The van der Waals surface area contributed by atoms with E-state index in [-0.39, 0.29) is 0 Å². The molecule has 2 heteroatoms. The molecule has 1 aromatic carbocycles. The summed E-state index contributed by atoms with van der Waals surface area (Å²) < 4.78 is 0. The number of pyridine rings is 1. The van der Waals surface area contributed by atoms with Crippen LogP contribution in [0.4, 0.5) is 5.82 Å². The quantitative estimate of drug-likeness (QED) is 0.864. The number of anilines is 1. The summed E-state index contributed by atoms with van der Waals surface area (Å²) in [6.45, 7) is 5.20. The first-order valence-electron chi connectivity index (χ1n) is 5.96. The Kier molecular flexibility index (Phi) is 3.76. The fourth-order valence-electron chi connectivity index (χ4n) is 2.02. The van der Waals surface area contributed by atoms with E-state index in [4.69, 9.17) is 0 Å². The lowest BCUT2D eigenvalue weighted by atomic mass is 10.1. The van der Waals surface area contributed by atoms with Gasteiger partial charge in [0.25, 0.3) is 0 Å². The number of benzene rings is 1. The number of rotatable bonds is 4. The van der Waals surface area contributed by atoms with E-state index >= 15 is 0 Å². The third-order valence-electron chi connectivity index (χ3n) is 2.67. The highest BCUT2D eigenvalue weighted by Gasteiger charge is 1.96. The summed E-state index contributed by atoms with van der Waals surface area (Å²) in [5, 5.41) is 3.32. The Morgan fingerprint density at radius 1 is 1.06 bits per heavy atom. The molecule has 0 amide bonds. The minimum Gasteiger partial charge on any atom is -0.370 e. The minimum atomic E-state index is 0.917. The Morgan fingerprint density at radius 2 is 1.82 bits per heavy atom. The Morgan fingerprint density at radius 3 is 2.47 bits per heavy atom. The molecule has 0 aliphatic rings. The molecule has 0 spiro atoms. The summed E-state index contributed by atoms with van der Waals surface area (Å²) >= 11 is 0. The van der Waals surface area contributed by atoms with Crippen LogP contribution in [0.2, 0.25) is 0 Å². The van der Waals surface area contributed by atoms with E-state index in [9.17, 15) is 0 Å². The van der Waals surface area contributed by atoms with E-state index in [1.807, 2.05) is 18.2 Å². The molecule has 0 fully saturated rings. The second-order valence-electron chi connectivity index (χ2n) is 4.39. The average molecular weight is 226 g/mol. The van der Waals surface area contributed by atoms with Gasteiger partial charge in [0.2, 0.25) is 0 Å². The second-order valence-corrected chi connectivity index (χ2v) is 4.39. The zero-order chi connectivity index (χ0) is 12.1. The lowest BCUT2D eigenvalue weighted by Crippen LogP contribution is -2.06. The Labute approximate surface area is 103 Å². The first-order valence-corrected chi connectivity index (χ1v) is 5.96. The third-order valence-corrected chi connectivity index (χ3v) is 2.67. The van der Waals surface area contributed by atoms with Gasteiger partial charge in [-0.2, -0.15) is 0 Å². The van der Waals surface area contributed by atoms with Crippen molar-refractivity contribution in [1.29, 1.82) is 0 Å². The number of aromatic nitrogens is 1. The van der Waals surface area contributed by atoms with E-state index < -0.39 is 0 Å². The Bertz CT molecular complexity index is 457. The van der Waals surface area contributed by atoms with E-state index in [1.165, 1.54) is 16.7 Å². The molecule has 0 radical (unpaired) electrons. The number of aryl methyl sites for hydroxylation is 2. The predicted octanol–water partition coefficient (Wildman–Crippen LogP) is 3.35. The molecule has 88 valence electrons. The standard InChI is InChI=1S/C15H18N2/c1-12-9-13(2)11-14(10-12)6-8-17-15-5-3-4-7-16-15/h3-5,7,9-11H,6,8H2,1-2H3,(H,16,17). The molecule has 0 bridgehead atoms. The van der Waals surface area contributed by atoms with Crippen LogP contribution in [0.3, 0.4) is 0 Å². The van der Waals surface area contributed by atoms with Crippen LogP contribution in [0.15, 0.2) is 42.6 Å². The van der Waals surface area contributed by atoms with Crippen molar-refractivity contribution in [3.8, 4) is 0 Å². The van der Waals surface area contributed by atoms with Crippen LogP contribution in [-0.2, 0) is 6.42 Å². The topological polar surface area (TPSA) is 24.9 Å². The number of hydrogen-bond donors (Lipinski definition) is 1. The smallest absolute Gasteiger partial charge is 0.125 e. The van der Waals surface area contributed by atoms with Gasteiger partial charge in [-0.15, -0.1) is 0 Å². The van der Waals surface area contributed by atoms with Crippen LogP contribution in [0.5, 0.6) is 0 Å². The summed E-state index contributed by atoms with van der Waals surface area (Å²) in [6.07, 6.45) is 2.83. The highest BCUT2D eigenvalue weighted by Crippen LogP contribution is 2.09. The molecule has 0 aliphatic carbocycles. The van der Waals surface area contributed by atoms with E-state index in [0.717, 1.165) is 18.8 Å². The third kappa shape index (κ3) is 3.59. The lowest BCUT2D eigenvalue weighted by Gasteiger charge is -2.07. The summed E-state index contributed by atoms with van der Waals surface area (Å²) in [7, 11) is 0. The Balaban J connectivity index is 1.90. The molecule has 0 saturated carbocycles. The van der Waals surface area contributed by atoms with Crippen LogP contribution in [0.1, 0.15) is 16.7 Å². The van der Waals surface area contributed by atoms with Crippen molar-refractivity contribution in [2.75, 3.05) is 11.9 Å². The fourth-order valence-corrected chi connectivity index (χ4v) is 2.02. The first-order chi connectivity index (χ1) is 8.24. The van der Waals surface area contributed by atoms with Crippen molar-refractivity contribution >= 4 is 5.82 Å². The van der Waals surface area contributed by atoms with Crippen molar-refractivity contribution in [3.63, 3.8) is 0 Å². The van der Waals surface area contributed by atoms with Gasteiger partial charge in [0.05, 0.1) is 0 Å². The number of hydrogen-bond acceptors (Lipinski definition) is 2. The van der Waals surface area contributed by atoms with Gasteiger partial charge in [0, 0.05) is 12.7 Å². The summed E-state index contributed by atoms with van der Waals surface area (Å²) in [4.78, 5) is 4.23. The predicted molar refractivity (Wildman–Crippen MR) is 72.3 cm³/mol. The molecule has 1 aromatic heterocycles. The normalized spacial score (nSPS) is 10.2. The Hall–Kier alpha value is -1.83. The van der Waals surface area contributed by atoms with Crippen molar-refractivity contribution in [3.05, 3.63) is 59.3 Å². The van der Waals surface area contributed by atoms with Gasteiger partial charge in [0.1, 0.15) is 5.82 Å². The van der Waals surface area contributed by atoms with E-state index in [2.05, 4.69) is 42.3 Å². The molecule has 17 heavy (non-hydrogen) atoms. The van der Waals surface area contributed by atoms with Gasteiger partial charge in [-0.25, -0.2) is 4.98 Å². The SMILES string of the molecule is Cc1cc(C)cc(CCNc2ccccn2)c1. The summed E-state index contributed by atoms with van der Waals surface area (Å²) in [6, 6.07) is 12.6. The fraction of sp³-hybridized carbons (Fsp3) is 0.267. The number of nitrogens with zero attached hydrogens (tertiary/aromatic N) is 1.